The first-order valence-corrected chi connectivity index (χ1v) is 7.43. The number of carbonyl (C=O) groups is 2. The van der Waals surface area contributed by atoms with Gasteiger partial charge in [-0.05, 0) is 48.6 Å². The molecule has 0 saturated carbocycles. The van der Waals surface area contributed by atoms with Crippen molar-refractivity contribution in [2.24, 2.45) is 0 Å². The fraction of sp³-hybridized carbons (Fsp3) is 0.429. The molecule has 0 spiro atoms. The highest BCUT2D eigenvalue weighted by Gasteiger charge is 2.28. The van der Waals surface area contributed by atoms with Gasteiger partial charge in [0.2, 0.25) is 0 Å². The van der Waals surface area contributed by atoms with E-state index < -0.39 is 5.97 Å². The monoisotopic (exact) mass is 355 g/mol. The average molecular weight is 356 g/mol. The van der Waals surface area contributed by atoms with Crippen LogP contribution in [0.3, 0.4) is 0 Å². The van der Waals surface area contributed by atoms with Gasteiger partial charge in [0.15, 0.2) is 0 Å². The van der Waals surface area contributed by atoms with E-state index in [1.807, 2.05) is 14.1 Å². The van der Waals surface area contributed by atoms with Crippen LogP contribution in [0.2, 0.25) is 0 Å². The number of para-hydroxylation sites is 1. The van der Waals surface area contributed by atoms with Gasteiger partial charge in [0.25, 0.3) is 0 Å². The largest absolute Gasteiger partial charge is 0.478 e. The lowest BCUT2D eigenvalue weighted by Gasteiger charge is -2.21. The number of carboxylic acid groups (broad SMARTS) is 1. The van der Waals surface area contributed by atoms with Crippen molar-refractivity contribution < 1.29 is 14.7 Å². The SMILES string of the molecule is CN(C)C1CCN(C(=O)Nc2c(Br)cccc2C(=O)O)C1. The summed E-state index contributed by atoms with van der Waals surface area (Å²) in [6.07, 6.45) is 0.919. The first-order chi connectivity index (χ1) is 9.90. The van der Waals surface area contributed by atoms with Crippen LogP contribution in [0.5, 0.6) is 0 Å². The molecule has 1 aromatic carbocycles. The van der Waals surface area contributed by atoms with Gasteiger partial charge in [0.1, 0.15) is 0 Å². The minimum Gasteiger partial charge on any atom is -0.478 e. The second-order valence-electron chi connectivity index (χ2n) is 5.25. The Balaban J connectivity index is 2.12. The maximum atomic E-state index is 12.3. The summed E-state index contributed by atoms with van der Waals surface area (Å²) in [5.74, 6) is -1.07. The quantitative estimate of drug-likeness (QED) is 0.872. The number of likely N-dealkylation sites (tertiary alicyclic amines) is 1. The number of aromatic carboxylic acids is 1. The molecule has 1 unspecified atom stereocenters. The van der Waals surface area contributed by atoms with Crippen molar-refractivity contribution in [2.75, 3.05) is 32.5 Å². The van der Waals surface area contributed by atoms with Crippen LogP contribution in [-0.2, 0) is 0 Å². The van der Waals surface area contributed by atoms with Crippen molar-refractivity contribution in [2.45, 2.75) is 12.5 Å². The van der Waals surface area contributed by atoms with Gasteiger partial charge < -0.3 is 20.2 Å². The van der Waals surface area contributed by atoms with Crippen LogP contribution in [0.25, 0.3) is 0 Å². The van der Waals surface area contributed by atoms with Crippen molar-refractivity contribution in [3.8, 4) is 0 Å². The molecule has 2 amide bonds. The summed E-state index contributed by atoms with van der Waals surface area (Å²) >= 11 is 3.28. The van der Waals surface area contributed by atoms with Gasteiger partial charge in [-0.15, -0.1) is 0 Å². The minimum absolute atomic E-state index is 0.0704. The number of nitrogens with one attached hydrogen (secondary N) is 1. The lowest BCUT2D eigenvalue weighted by atomic mass is 10.2. The van der Waals surface area contributed by atoms with Gasteiger partial charge in [0, 0.05) is 23.6 Å². The molecule has 114 valence electrons. The third kappa shape index (κ3) is 3.54. The fourth-order valence-electron chi connectivity index (χ4n) is 2.36. The Hall–Kier alpha value is -1.60. The Morgan fingerprint density at radius 1 is 1.43 bits per heavy atom. The van der Waals surface area contributed by atoms with Gasteiger partial charge in [-0.3, -0.25) is 0 Å². The van der Waals surface area contributed by atoms with E-state index in [0.717, 1.165) is 6.42 Å². The summed E-state index contributed by atoms with van der Waals surface area (Å²) in [5.41, 5.74) is 0.365. The number of urea groups is 1. The van der Waals surface area contributed by atoms with Crippen molar-refractivity contribution in [3.05, 3.63) is 28.2 Å². The molecule has 21 heavy (non-hydrogen) atoms. The molecular weight excluding hydrogens is 338 g/mol. The maximum Gasteiger partial charge on any atom is 0.337 e. The summed E-state index contributed by atoms with van der Waals surface area (Å²) < 4.78 is 0.555. The van der Waals surface area contributed by atoms with E-state index in [1.54, 1.807) is 17.0 Å². The van der Waals surface area contributed by atoms with Gasteiger partial charge in [-0.1, -0.05) is 6.07 Å². The first-order valence-electron chi connectivity index (χ1n) is 6.64. The molecule has 2 N–H and O–H groups in total. The number of benzene rings is 1. The molecule has 1 aliphatic heterocycles. The minimum atomic E-state index is -1.07. The van der Waals surface area contributed by atoms with Gasteiger partial charge in [-0.2, -0.15) is 0 Å². The van der Waals surface area contributed by atoms with Crippen molar-refractivity contribution in [1.29, 1.82) is 0 Å². The van der Waals surface area contributed by atoms with Gasteiger partial charge >= 0.3 is 12.0 Å². The highest BCUT2D eigenvalue weighted by atomic mass is 79.9. The second kappa shape index (κ2) is 6.44. The Bertz CT molecular complexity index is 562. The van der Waals surface area contributed by atoms with Gasteiger partial charge in [-0.25, -0.2) is 9.59 Å². The van der Waals surface area contributed by atoms with E-state index in [1.165, 1.54) is 6.07 Å². The number of halogens is 1. The highest BCUT2D eigenvalue weighted by Crippen LogP contribution is 2.27. The zero-order valence-electron chi connectivity index (χ0n) is 12.0. The third-order valence-electron chi connectivity index (χ3n) is 3.66. The first kappa shape index (κ1) is 15.8. The molecule has 0 aromatic heterocycles. The molecule has 1 aromatic rings. The molecule has 7 heteroatoms. The fourth-order valence-corrected chi connectivity index (χ4v) is 2.83. The summed E-state index contributed by atoms with van der Waals surface area (Å²) in [7, 11) is 3.98. The molecule has 1 saturated heterocycles. The van der Waals surface area contributed by atoms with Crippen LogP contribution in [0.1, 0.15) is 16.8 Å². The summed E-state index contributed by atoms with van der Waals surface area (Å²) in [5, 5.41) is 11.9. The van der Waals surface area contributed by atoms with E-state index in [0.29, 0.717) is 29.3 Å². The predicted octanol–water partition coefficient (Wildman–Crippen LogP) is 2.32. The number of nitrogens with zero attached hydrogens (tertiary/aromatic N) is 2. The molecule has 1 heterocycles. The van der Waals surface area contributed by atoms with Crippen molar-refractivity contribution >= 4 is 33.6 Å². The Morgan fingerprint density at radius 3 is 2.71 bits per heavy atom. The van der Waals surface area contributed by atoms with E-state index in [-0.39, 0.29) is 11.6 Å². The molecule has 1 atom stereocenters. The number of carbonyl (C=O) groups excluding carboxylic acids is 1. The topological polar surface area (TPSA) is 72.9 Å². The molecule has 6 nitrogen and oxygen atoms in total. The third-order valence-corrected chi connectivity index (χ3v) is 4.32. The van der Waals surface area contributed by atoms with E-state index in [2.05, 4.69) is 26.1 Å². The molecule has 1 aliphatic rings. The zero-order chi connectivity index (χ0) is 15.6. The van der Waals surface area contributed by atoms with Crippen LogP contribution in [0.4, 0.5) is 10.5 Å². The Labute approximate surface area is 131 Å². The number of carboxylic acids is 1. The van der Waals surface area contributed by atoms with Crippen molar-refractivity contribution in [3.63, 3.8) is 0 Å². The normalized spacial score (nSPS) is 18.1. The lowest BCUT2D eigenvalue weighted by Crippen LogP contribution is -2.37. The van der Waals surface area contributed by atoms with Crippen LogP contribution < -0.4 is 5.32 Å². The Morgan fingerprint density at radius 2 is 2.14 bits per heavy atom. The van der Waals surface area contributed by atoms with E-state index >= 15 is 0 Å². The summed E-state index contributed by atoms with van der Waals surface area (Å²) in [6, 6.07) is 4.87. The maximum absolute atomic E-state index is 12.3. The summed E-state index contributed by atoms with van der Waals surface area (Å²) in [4.78, 5) is 27.3. The molecular formula is C14H18BrN3O3. The lowest BCUT2D eigenvalue weighted by molar-refractivity contribution is 0.0698. The molecule has 2 rings (SSSR count). The number of amides is 2. The van der Waals surface area contributed by atoms with Gasteiger partial charge in [0.05, 0.1) is 11.3 Å². The van der Waals surface area contributed by atoms with Crippen LogP contribution >= 0.6 is 15.9 Å². The number of hydrogen-bond donors (Lipinski definition) is 2. The number of hydrogen-bond acceptors (Lipinski definition) is 3. The zero-order valence-corrected chi connectivity index (χ0v) is 13.6. The van der Waals surface area contributed by atoms with Crippen LogP contribution in [0.15, 0.2) is 22.7 Å². The number of rotatable bonds is 3. The Kier molecular flexibility index (Phi) is 4.84. The molecule has 0 radical (unpaired) electrons. The second-order valence-corrected chi connectivity index (χ2v) is 6.10. The van der Waals surface area contributed by atoms with E-state index in [4.69, 9.17) is 0 Å². The van der Waals surface area contributed by atoms with Crippen LogP contribution in [-0.4, -0.2) is 60.1 Å². The van der Waals surface area contributed by atoms with E-state index in [9.17, 15) is 14.7 Å². The predicted molar refractivity (Wildman–Crippen MR) is 83.8 cm³/mol. The average Bonchev–Trinajstić information content (AvgIpc) is 2.90. The van der Waals surface area contributed by atoms with Crippen molar-refractivity contribution in [1.82, 2.24) is 9.80 Å². The molecule has 0 aliphatic carbocycles. The summed E-state index contributed by atoms with van der Waals surface area (Å²) in [6.45, 7) is 1.31. The number of anilines is 1. The highest BCUT2D eigenvalue weighted by molar-refractivity contribution is 9.10. The standard InChI is InChI=1S/C14H18BrN3O3/c1-17(2)9-6-7-18(8-9)14(21)16-12-10(13(19)20)4-3-5-11(12)15/h3-5,9H,6-8H2,1-2H3,(H,16,21)(H,19,20). The number of likely N-dealkylation sites (N-methyl/N-ethyl adjacent to an activating group) is 1. The molecule has 1 fully saturated rings. The molecule has 0 bridgehead atoms. The van der Waals surface area contributed by atoms with Crippen LogP contribution in [0, 0.1) is 0 Å². The smallest absolute Gasteiger partial charge is 0.337 e.